The monoisotopic (exact) mass is 182 g/mol. The van der Waals surface area contributed by atoms with Gasteiger partial charge < -0.3 is 5.11 Å². The van der Waals surface area contributed by atoms with Gasteiger partial charge in [0.1, 0.15) is 5.75 Å². The lowest BCUT2D eigenvalue weighted by atomic mass is 10.1. The van der Waals surface area contributed by atoms with Gasteiger partial charge in [0.05, 0.1) is 17.3 Å². The third-order valence-electron chi connectivity index (χ3n) is 1.83. The topological polar surface area (TPSA) is 55.1 Å². The molecule has 1 N–H and O–H groups in total. The highest BCUT2D eigenvalue weighted by Gasteiger charge is 2.17. The minimum absolute atomic E-state index is 0.0505. The smallest absolute Gasteiger partial charge is 0.273 e. The Bertz CT molecular complexity index is 374. The van der Waals surface area contributed by atoms with Crippen molar-refractivity contribution in [2.45, 2.75) is 33.2 Å². The van der Waals surface area contributed by atoms with Gasteiger partial charge in [0.25, 0.3) is 5.56 Å². The summed E-state index contributed by atoms with van der Waals surface area (Å²) in [5.41, 5.74) is -0.257. The first kappa shape index (κ1) is 9.77. The van der Waals surface area contributed by atoms with E-state index in [0.29, 0.717) is 5.56 Å². The zero-order valence-electron chi connectivity index (χ0n) is 8.33. The number of aromatic nitrogens is 2. The molecular weight excluding hydrogens is 168 g/mol. The Morgan fingerprint density at radius 3 is 2.46 bits per heavy atom. The van der Waals surface area contributed by atoms with E-state index in [2.05, 4.69) is 5.10 Å². The molecule has 0 aliphatic heterocycles. The molecule has 1 aromatic rings. The molecule has 1 heterocycles. The van der Waals surface area contributed by atoms with Crippen molar-refractivity contribution in [3.8, 4) is 5.75 Å². The van der Waals surface area contributed by atoms with E-state index >= 15 is 0 Å². The predicted molar refractivity (Wildman–Crippen MR) is 49.9 cm³/mol. The summed E-state index contributed by atoms with van der Waals surface area (Å²) in [6, 6.07) is 0. The Morgan fingerprint density at radius 2 is 2.00 bits per heavy atom. The molecule has 0 aromatic carbocycles. The lowest BCUT2D eigenvalue weighted by Gasteiger charge is -2.20. The summed E-state index contributed by atoms with van der Waals surface area (Å²) in [7, 11) is 0. The van der Waals surface area contributed by atoms with Crippen LogP contribution in [0.1, 0.15) is 26.3 Å². The van der Waals surface area contributed by atoms with Crippen molar-refractivity contribution in [2.75, 3.05) is 0 Å². The second-order valence-corrected chi connectivity index (χ2v) is 4.04. The van der Waals surface area contributed by atoms with Crippen LogP contribution in [-0.2, 0) is 5.54 Å². The zero-order chi connectivity index (χ0) is 10.2. The zero-order valence-corrected chi connectivity index (χ0v) is 8.33. The van der Waals surface area contributed by atoms with Crippen LogP contribution in [0, 0.1) is 6.92 Å². The highest BCUT2D eigenvalue weighted by atomic mass is 16.3. The van der Waals surface area contributed by atoms with Crippen molar-refractivity contribution in [3.63, 3.8) is 0 Å². The van der Waals surface area contributed by atoms with Gasteiger partial charge in [0.2, 0.25) is 0 Å². The first-order valence-electron chi connectivity index (χ1n) is 4.12. The van der Waals surface area contributed by atoms with E-state index in [1.165, 1.54) is 10.9 Å². The quantitative estimate of drug-likeness (QED) is 0.651. The predicted octanol–water partition coefficient (Wildman–Crippen LogP) is 1.01. The second kappa shape index (κ2) is 2.87. The third-order valence-corrected chi connectivity index (χ3v) is 1.83. The molecule has 13 heavy (non-hydrogen) atoms. The Hall–Kier alpha value is -1.32. The molecule has 0 radical (unpaired) electrons. The maximum absolute atomic E-state index is 11.6. The molecule has 0 amide bonds. The van der Waals surface area contributed by atoms with Crippen LogP contribution in [0.3, 0.4) is 0 Å². The lowest BCUT2D eigenvalue weighted by molar-refractivity contribution is 0.330. The molecule has 72 valence electrons. The number of hydrogen-bond donors (Lipinski definition) is 1. The summed E-state index contributed by atoms with van der Waals surface area (Å²) in [6.45, 7) is 7.25. The summed E-state index contributed by atoms with van der Waals surface area (Å²) in [6.07, 6.45) is 1.29. The van der Waals surface area contributed by atoms with Gasteiger partial charge in [-0.1, -0.05) is 0 Å². The van der Waals surface area contributed by atoms with Crippen molar-refractivity contribution in [2.24, 2.45) is 0 Å². The summed E-state index contributed by atoms with van der Waals surface area (Å²) in [5.74, 6) is -0.0505. The molecule has 4 heteroatoms. The van der Waals surface area contributed by atoms with Crippen LogP contribution in [0.2, 0.25) is 0 Å². The molecule has 0 bridgehead atoms. The summed E-state index contributed by atoms with van der Waals surface area (Å²) in [5, 5.41) is 13.1. The molecule has 1 aromatic heterocycles. The van der Waals surface area contributed by atoms with E-state index in [1.807, 2.05) is 20.8 Å². The summed E-state index contributed by atoms with van der Waals surface area (Å²) in [4.78, 5) is 11.6. The second-order valence-electron chi connectivity index (χ2n) is 4.04. The SMILES string of the molecule is Cc1c(O)cnn(C(C)(C)C)c1=O. The third kappa shape index (κ3) is 1.71. The molecule has 0 aliphatic rings. The number of aromatic hydroxyl groups is 1. The Kier molecular flexibility index (Phi) is 2.15. The molecule has 0 spiro atoms. The van der Waals surface area contributed by atoms with Gasteiger partial charge in [0, 0.05) is 0 Å². The van der Waals surface area contributed by atoms with Gasteiger partial charge >= 0.3 is 0 Å². The standard InChI is InChI=1S/C9H14N2O2/c1-6-7(12)5-10-11(8(6)13)9(2,3)4/h5,12H,1-4H3. The number of rotatable bonds is 0. The number of hydrogen-bond acceptors (Lipinski definition) is 3. The first-order chi connectivity index (χ1) is 5.84. The van der Waals surface area contributed by atoms with Crippen molar-refractivity contribution in [3.05, 3.63) is 22.1 Å². The molecule has 1 rings (SSSR count). The van der Waals surface area contributed by atoms with E-state index in [4.69, 9.17) is 0 Å². The van der Waals surface area contributed by atoms with E-state index in [9.17, 15) is 9.90 Å². The van der Waals surface area contributed by atoms with Gasteiger partial charge in [-0.3, -0.25) is 4.79 Å². The molecule has 0 saturated carbocycles. The van der Waals surface area contributed by atoms with Crippen LogP contribution in [0.5, 0.6) is 5.75 Å². The van der Waals surface area contributed by atoms with Gasteiger partial charge in [-0.2, -0.15) is 5.10 Å². The molecule has 0 unspecified atom stereocenters. The van der Waals surface area contributed by atoms with Crippen LogP contribution in [-0.4, -0.2) is 14.9 Å². The van der Waals surface area contributed by atoms with Crippen LogP contribution in [0.4, 0.5) is 0 Å². The fourth-order valence-corrected chi connectivity index (χ4v) is 1.01. The Balaban J connectivity index is 3.44. The van der Waals surface area contributed by atoms with Gasteiger partial charge in [0.15, 0.2) is 0 Å². The molecular formula is C9H14N2O2. The maximum atomic E-state index is 11.6. The maximum Gasteiger partial charge on any atom is 0.273 e. The fourth-order valence-electron chi connectivity index (χ4n) is 1.01. The summed E-state index contributed by atoms with van der Waals surface area (Å²) >= 11 is 0. The normalized spacial score (nSPS) is 11.7. The van der Waals surface area contributed by atoms with Crippen molar-refractivity contribution in [1.29, 1.82) is 0 Å². The minimum atomic E-state index is -0.352. The fraction of sp³-hybridized carbons (Fsp3) is 0.556. The van der Waals surface area contributed by atoms with Gasteiger partial charge in [-0.25, -0.2) is 4.68 Å². The Labute approximate surface area is 76.8 Å². The van der Waals surface area contributed by atoms with Crippen molar-refractivity contribution >= 4 is 0 Å². The van der Waals surface area contributed by atoms with Gasteiger partial charge in [-0.15, -0.1) is 0 Å². The van der Waals surface area contributed by atoms with E-state index in [-0.39, 0.29) is 16.8 Å². The molecule has 4 nitrogen and oxygen atoms in total. The molecule has 0 fully saturated rings. The van der Waals surface area contributed by atoms with Crippen LogP contribution >= 0.6 is 0 Å². The summed E-state index contributed by atoms with van der Waals surface area (Å²) < 4.78 is 1.36. The average Bonchev–Trinajstić information content (AvgIpc) is 1.98. The highest BCUT2D eigenvalue weighted by molar-refractivity contribution is 5.24. The van der Waals surface area contributed by atoms with E-state index in [1.54, 1.807) is 6.92 Å². The molecule has 0 atom stereocenters. The molecule has 0 saturated heterocycles. The van der Waals surface area contributed by atoms with Gasteiger partial charge in [-0.05, 0) is 27.7 Å². The van der Waals surface area contributed by atoms with E-state index in [0.717, 1.165) is 0 Å². The van der Waals surface area contributed by atoms with E-state index < -0.39 is 0 Å². The van der Waals surface area contributed by atoms with Crippen molar-refractivity contribution in [1.82, 2.24) is 9.78 Å². The average molecular weight is 182 g/mol. The van der Waals surface area contributed by atoms with Crippen LogP contribution < -0.4 is 5.56 Å². The highest BCUT2D eigenvalue weighted by Crippen LogP contribution is 2.13. The van der Waals surface area contributed by atoms with Crippen LogP contribution in [0.25, 0.3) is 0 Å². The first-order valence-corrected chi connectivity index (χ1v) is 4.12. The lowest BCUT2D eigenvalue weighted by Crippen LogP contribution is -2.36. The molecule has 0 aliphatic carbocycles. The van der Waals surface area contributed by atoms with Crippen molar-refractivity contribution < 1.29 is 5.11 Å². The van der Waals surface area contributed by atoms with Crippen LogP contribution in [0.15, 0.2) is 11.0 Å². The number of nitrogens with zero attached hydrogens (tertiary/aromatic N) is 2. The minimum Gasteiger partial charge on any atom is -0.506 e. The Morgan fingerprint density at radius 1 is 1.46 bits per heavy atom. The largest absolute Gasteiger partial charge is 0.506 e.